The number of rotatable bonds is 5. The lowest BCUT2D eigenvalue weighted by Crippen LogP contribution is -2.42. The Bertz CT molecular complexity index is 675. The van der Waals surface area contributed by atoms with Crippen molar-refractivity contribution >= 4 is 5.97 Å². The molecule has 2 aromatic carbocycles. The Morgan fingerprint density at radius 3 is 2.45 bits per heavy atom. The van der Waals surface area contributed by atoms with Crippen LogP contribution in [0.15, 0.2) is 48.5 Å². The van der Waals surface area contributed by atoms with Gasteiger partial charge < -0.3 is 14.9 Å². The maximum Gasteiger partial charge on any atom is 0.314 e. The van der Waals surface area contributed by atoms with Crippen molar-refractivity contribution < 1.29 is 19.7 Å². The highest BCUT2D eigenvalue weighted by atomic mass is 16.5. The highest BCUT2D eigenvalue weighted by Crippen LogP contribution is 2.46. The highest BCUT2D eigenvalue weighted by molar-refractivity contribution is 5.83. The van der Waals surface area contributed by atoms with Gasteiger partial charge >= 0.3 is 5.97 Å². The Kier molecular flexibility index (Phi) is 3.75. The molecule has 0 bridgehead atoms. The number of ether oxygens (including phenoxy) is 1. The Morgan fingerprint density at radius 2 is 1.86 bits per heavy atom. The van der Waals surface area contributed by atoms with Gasteiger partial charge in [0.05, 0.1) is 5.41 Å². The summed E-state index contributed by atoms with van der Waals surface area (Å²) in [6, 6.07) is 14.5. The fourth-order valence-corrected chi connectivity index (χ4v) is 2.82. The van der Waals surface area contributed by atoms with Crippen LogP contribution in [0.25, 0.3) is 0 Å². The van der Waals surface area contributed by atoms with Crippen LogP contribution >= 0.6 is 0 Å². The standard InChI is InChI=1S/C18H18O4/c19-15-8-7-14(18(17(20)21)9-4-10-18)11-16(15)22-12-13-5-2-1-3-6-13/h1-3,5-8,11,19H,4,9-10,12H2,(H,20,21). The maximum absolute atomic E-state index is 11.6. The number of benzene rings is 2. The quantitative estimate of drug-likeness (QED) is 0.887. The van der Waals surface area contributed by atoms with E-state index >= 15 is 0 Å². The van der Waals surface area contributed by atoms with E-state index in [1.807, 2.05) is 30.3 Å². The second kappa shape index (κ2) is 5.72. The van der Waals surface area contributed by atoms with E-state index in [2.05, 4.69) is 0 Å². The number of phenolic OH excluding ortho intramolecular Hbond substituents is 1. The number of hydrogen-bond donors (Lipinski definition) is 2. The minimum absolute atomic E-state index is 0.0274. The molecule has 0 heterocycles. The molecule has 4 heteroatoms. The molecule has 1 aliphatic rings. The van der Waals surface area contributed by atoms with Gasteiger partial charge in [-0.1, -0.05) is 42.8 Å². The van der Waals surface area contributed by atoms with E-state index in [4.69, 9.17) is 4.74 Å². The van der Waals surface area contributed by atoms with Gasteiger partial charge in [-0.25, -0.2) is 0 Å². The highest BCUT2D eigenvalue weighted by Gasteiger charge is 2.46. The van der Waals surface area contributed by atoms with Crippen LogP contribution in [0.3, 0.4) is 0 Å². The molecule has 2 N–H and O–H groups in total. The van der Waals surface area contributed by atoms with Crippen LogP contribution in [0.2, 0.25) is 0 Å². The molecule has 1 aliphatic carbocycles. The maximum atomic E-state index is 11.6. The second-order valence-corrected chi connectivity index (χ2v) is 5.70. The summed E-state index contributed by atoms with van der Waals surface area (Å²) < 4.78 is 5.66. The van der Waals surface area contributed by atoms with E-state index in [1.54, 1.807) is 12.1 Å². The SMILES string of the molecule is O=C(O)C1(c2ccc(O)c(OCc3ccccc3)c2)CCC1. The molecule has 2 aromatic rings. The third kappa shape index (κ3) is 2.52. The molecule has 0 spiro atoms. The Balaban J connectivity index is 1.83. The minimum Gasteiger partial charge on any atom is -0.504 e. The van der Waals surface area contributed by atoms with Gasteiger partial charge in [0, 0.05) is 0 Å². The third-order valence-corrected chi connectivity index (χ3v) is 4.37. The van der Waals surface area contributed by atoms with Crippen molar-refractivity contribution in [2.24, 2.45) is 0 Å². The fraction of sp³-hybridized carbons (Fsp3) is 0.278. The number of carboxylic acid groups (broad SMARTS) is 1. The van der Waals surface area contributed by atoms with Crippen LogP contribution in [0.1, 0.15) is 30.4 Å². The van der Waals surface area contributed by atoms with Crippen LogP contribution < -0.4 is 4.74 Å². The first kappa shape index (κ1) is 14.4. The summed E-state index contributed by atoms with van der Waals surface area (Å²) in [5, 5.41) is 19.4. The van der Waals surface area contributed by atoms with E-state index in [1.165, 1.54) is 6.07 Å². The average molecular weight is 298 g/mol. The van der Waals surface area contributed by atoms with Crippen LogP contribution in [-0.2, 0) is 16.8 Å². The number of aliphatic carboxylic acids is 1. The first-order valence-corrected chi connectivity index (χ1v) is 7.35. The van der Waals surface area contributed by atoms with Gasteiger partial charge in [-0.3, -0.25) is 4.79 Å². The average Bonchev–Trinajstić information content (AvgIpc) is 2.47. The first-order chi connectivity index (χ1) is 10.6. The lowest BCUT2D eigenvalue weighted by atomic mass is 9.64. The minimum atomic E-state index is -0.821. The van der Waals surface area contributed by atoms with Gasteiger partial charge in [0.1, 0.15) is 6.61 Å². The Labute approximate surface area is 129 Å². The molecule has 0 saturated heterocycles. The molecule has 1 saturated carbocycles. The summed E-state index contributed by atoms with van der Waals surface area (Å²) in [6.45, 7) is 0.331. The summed E-state index contributed by atoms with van der Waals surface area (Å²) in [4.78, 5) is 11.6. The summed E-state index contributed by atoms with van der Waals surface area (Å²) in [5.41, 5.74) is 0.870. The smallest absolute Gasteiger partial charge is 0.314 e. The van der Waals surface area contributed by atoms with Crippen molar-refractivity contribution in [3.05, 3.63) is 59.7 Å². The molecule has 4 nitrogen and oxygen atoms in total. The van der Waals surface area contributed by atoms with Gasteiger partial charge in [-0.2, -0.15) is 0 Å². The molecule has 114 valence electrons. The zero-order valence-electron chi connectivity index (χ0n) is 12.2. The van der Waals surface area contributed by atoms with Crippen molar-refractivity contribution in [2.75, 3.05) is 0 Å². The summed E-state index contributed by atoms with van der Waals surface area (Å²) in [5.74, 6) is -0.452. The van der Waals surface area contributed by atoms with E-state index in [0.717, 1.165) is 12.0 Å². The van der Waals surface area contributed by atoms with Crippen molar-refractivity contribution in [2.45, 2.75) is 31.3 Å². The van der Waals surface area contributed by atoms with Gasteiger partial charge in [-0.15, -0.1) is 0 Å². The number of carbonyl (C=O) groups is 1. The molecule has 1 fully saturated rings. The van der Waals surface area contributed by atoms with E-state index in [0.29, 0.717) is 30.8 Å². The van der Waals surface area contributed by atoms with Gasteiger partial charge in [0.2, 0.25) is 0 Å². The van der Waals surface area contributed by atoms with Gasteiger partial charge in [-0.05, 0) is 36.1 Å². The van der Waals surface area contributed by atoms with E-state index in [-0.39, 0.29) is 5.75 Å². The molecule has 0 amide bonds. The van der Waals surface area contributed by atoms with E-state index in [9.17, 15) is 15.0 Å². The molecule has 0 aliphatic heterocycles. The van der Waals surface area contributed by atoms with Crippen LogP contribution in [-0.4, -0.2) is 16.2 Å². The van der Waals surface area contributed by atoms with Gasteiger partial charge in [0.15, 0.2) is 11.5 Å². The third-order valence-electron chi connectivity index (χ3n) is 4.37. The molecule has 0 unspecified atom stereocenters. The second-order valence-electron chi connectivity index (χ2n) is 5.70. The lowest BCUT2D eigenvalue weighted by Gasteiger charge is -2.38. The van der Waals surface area contributed by atoms with Crippen molar-refractivity contribution in [3.63, 3.8) is 0 Å². The number of phenols is 1. The summed E-state index contributed by atoms with van der Waals surface area (Å²) in [6.07, 6.45) is 2.17. The van der Waals surface area contributed by atoms with Crippen molar-refractivity contribution in [1.82, 2.24) is 0 Å². The first-order valence-electron chi connectivity index (χ1n) is 7.35. The largest absolute Gasteiger partial charge is 0.504 e. The van der Waals surface area contributed by atoms with Crippen LogP contribution in [0.5, 0.6) is 11.5 Å². The van der Waals surface area contributed by atoms with E-state index < -0.39 is 11.4 Å². The Morgan fingerprint density at radius 1 is 1.14 bits per heavy atom. The predicted octanol–water partition coefficient (Wildman–Crippen LogP) is 3.48. The molecular formula is C18H18O4. The van der Waals surface area contributed by atoms with Crippen molar-refractivity contribution in [1.29, 1.82) is 0 Å². The number of hydrogen-bond acceptors (Lipinski definition) is 3. The molecule has 0 atom stereocenters. The number of aromatic hydroxyl groups is 1. The molecule has 0 radical (unpaired) electrons. The molecule has 3 rings (SSSR count). The van der Waals surface area contributed by atoms with Crippen LogP contribution in [0.4, 0.5) is 0 Å². The predicted molar refractivity (Wildman–Crippen MR) is 82.0 cm³/mol. The normalized spacial score (nSPS) is 15.8. The monoisotopic (exact) mass is 298 g/mol. The molecule has 0 aromatic heterocycles. The summed E-state index contributed by atoms with van der Waals surface area (Å²) >= 11 is 0. The zero-order chi connectivity index (χ0) is 15.6. The van der Waals surface area contributed by atoms with Crippen molar-refractivity contribution in [3.8, 4) is 11.5 Å². The summed E-state index contributed by atoms with van der Waals surface area (Å²) in [7, 11) is 0. The Hall–Kier alpha value is -2.49. The lowest BCUT2D eigenvalue weighted by molar-refractivity contribution is -0.147. The van der Waals surface area contributed by atoms with Crippen LogP contribution in [0, 0.1) is 0 Å². The van der Waals surface area contributed by atoms with Gasteiger partial charge in [0.25, 0.3) is 0 Å². The molecular weight excluding hydrogens is 280 g/mol. The zero-order valence-corrected chi connectivity index (χ0v) is 12.2. The fourth-order valence-electron chi connectivity index (χ4n) is 2.82. The number of carboxylic acids is 1. The topological polar surface area (TPSA) is 66.8 Å². The molecule has 22 heavy (non-hydrogen) atoms.